The lowest BCUT2D eigenvalue weighted by Crippen LogP contribution is -2.15. The molecule has 0 aliphatic heterocycles. The van der Waals surface area contributed by atoms with Crippen molar-refractivity contribution in [3.63, 3.8) is 0 Å². The Morgan fingerprint density at radius 2 is 2.29 bits per heavy atom. The van der Waals surface area contributed by atoms with E-state index in [1.165, 1.54) is 12.5 Å². The van der Waals surface area contributed by atoms with Gasteiger partial charge in [-0.3, -0.25) is 14.9 Å². The van der Waals surface area contributed by atoms with E-state index in [9.17, 15) is 19.3 Å². The molecule has 0 bridgehead atoms. The number of benzene rings is 1. The molecule has 0 fully saturated rings. The van der Waals surface area contributed by atoms with Crippen LogP contribution in [0.25, 0.3) is 0 Å². The van der Waals surface area contributed by atoms with E-state index >= 15 is 0 Å². The van der Waals surface area contributed by atoms with Gasteiger partial charge in [-0.15, -0.1) is 0 Å². The van der Waals surface area contributed by atoms with Crippen LogP contribution in [0.15, 0.2) is 29.1 Å². The highest BCUT2D eigenvalue weighted by molar-refractivity contribution is 6.07. The Balaban J connectivity index is 2.41. The predicted octanol–water partition coefficient (Wildman–Crippen LogP) is 2.41. The average molecular weight is 294 g/mol. The van der Waals surface area contributed by atoms with Gasteiger partial charge in [0.15, 0.2) is 5.82 Å². The highest BCUT2D eigenvalue weighted by Crippen LogP contribution is 2.27. The van der Waals surface area contributed by atoms with E-state index in [2.05, 4.69) is 20.3 Å². The molecule has 8 nitrogen and oxygen atoms in total. The molecule has 0 atom stereocenters. The van der Waals surface area contributed by atoms with Gasteiger partial charge in [-0.2, -0.15) is 0 Å². The van der Waals surface area contributed by atoms with E-state index in [1.807, 2.05) is 0 Å². The van der Waals surface area contributed by atoms with Crippen LogP contribution in [-0.2, 0) is 0 Å². The molecule has 2 rings (SSSR count). The molecule has 1 aromatic carbocycles. The molecule has 110 valence electrons. The van der Waals surface area contributed by atoms with Crippen LogP contribution < -0.4 is 10.6 Å². The summed E-state index contributed by atoms with van der Waals surface area (Å²) < 4.78 is 18.2. The van der Waals surface area contributed by atoms with Gasteiger partial charge in [-0.05, 0) is 13.0 Å². The van der Waals surface area contributed by atoms with Gasteiger partial charge >= 0.3 is 0 Å². The molecule has 1 aromatic heterocycles. The number of carbonyl (C=O) groups is 1. The van der Waals surface area contributed by atoms with Crippen molar-refractivity contribution in [1.29, 1.82) is 0 Å². The van der Waals surface area contributed by atoms with Crippen molar-refractivity contribution in [3.8, 4) is 0 Å². The smallest absolute Gasteiger partial charge is 0.285 e. The minimum absolute atomic E-state index is 0.0126. The Hall–Kier alpha value is -2.97. The van der Waals surface area contributed by atoms with E-state index in [1.54, 1.807) is 6.92 Å². The quantitative estimate of drug-likeness (QED) is 0.647. The number of carbonyl (C=O) groups excluding carboxylic acids is 1. The van der Waals surface area contributed by atoms with E-state index in [-0.39, 0.29) is 16.9 Å². The number of anilines is 2. The molecule has 0 saturated heterocycles. The minimum atomic E-state index is -0.818. The number of halogens is 1. The minimum Gasteiger partial charge on any atom is -0.383 e. The fourth-order valence-corrected chi connectivity index (χ4v) is 1.69. The van der Waals surface area contributed by atoms with Crippen molar-refractivity contribution >= 4 is 23.0 Å². The molecule has 0 aliphatic rings. The normalized spacial score (nSPS) is 10.2. The molecule has 0 radical (unpaired) electrons. The molecular formula is C12H11FN4O4. The molecule has 1 amide bonds. The third kappa shape index (κ3) is 3.14. The third-order valence-electron chi connectivity index (χ3n) is 2.58. The van der Waals surface area contributed by atoms with E-state index < -0.39 is 22.3 Å². The van der Waals surface area contributed by atoms with Crippen LogP contribution in [0.2, 0.25) is 0 Å². The maximum Gasteiger partial charge on any atom is 0.285 e. The summed E-state index contributed by atoms with van der Waals surface area (Å²) in [6, 6.07) is 1.81. The lowest BCUT2D eigenvalue weighted by Gasteiger charge is -2.08. The fraction of sp³-hybridized carbons (Fsp3) is 0.167. The van der Waals surface area contributed by atoms with E-state index in [4.69, 9.17) is 0 Å². The zero-order valence-electron chi connectivity index (χ0n) is 10.9. The molecule has 1 heterocycles. The summed E-state index contributed by atoms with van der Waals surface area (Å²) in [5.74, 6) is -1.56. The van der Waals surface area contributed by atoms with Crippen LogP contribution in [0.5, 0.6) is 0 Å². The molecule has 21 heavy (non-hydrogen) atoms. The summed E-state index contributed by atoms with van der Waals surface area (Å²) in [5.41, 5.74) is -0.635. The number of nitrogens with zero attached hydrogens (tertiary/aromatic N) is 2. The molecule has 0 saturated carbocycles. The SMILES string of the molecule is CCNc1cc(C(=O)Nc2cnoc2)c([N+](=O)[O-])cc1F. The zero-order chi connectivity index (χ0) is 15.4. The van der Waals surface area contributed by atoms with Crippen molar-refractivity contribution in [3.05, 3.63) is 46.1 Å². The molecule has 0 spiro atoms. The number of nitro groups is 1. The van der Waals surface area contributed by atoms with Gasteiger partial charge in [-0.25, -0.2) is 4.39 Å². The molecule has 0 unspecified atom stereocenters. The first-order valence-corrected chi connectivity index (χ1v) is 5.95. The maximum absolute atomic E-state index is 13.7. The zero-order valence-corrected chi connectivity index (χ0v) is 10.9. The first kappa shape index (κ1) is 14.4. The largest absolute Gasteiger partial charge is 0.383 e. The monoisotopic (exact) mass is 294 g/mol. The Morgan fingerprint density at radius 1 is 1.52 bits per heavy atom. The standard InChI is InChI=1S/C12H11FN4O4/c1-2-14-10-3-8(11(17(19)20)4-9(10)13)12(18)16-7-5-15-21-6-7/h3-6,14H,2H2,1H3,(H,16,18). The van der Waals surface area contributed by atoms with Crippen molar-refractivity contribution in [2.45, 2.75) is 6.92 Å². The Morgan fingerprint density at radius 3 is 2.86 bits per heavy atom. The van der Waals surface area contributed by atoms with Crippen molar-refractivity contribution in [1.82, 2.24) is 5.16 Å². The van der Waals surface area contributed by atoms with E-state index in [0.717, 1.165) is 6.07 Å². The third-order valence-corrected chi connectivity index (χ3v) is 2.58. The number of hydrogen-bond donors (Lipinski definition) is 2. The van der Waals surface area contributed by atoms with Gasteiger partial charge < -0.3 is 15.2 Å². The first-order chi connectivity index (χ1) is 10.0. The van der Waals surface area contributed by atoms with Gasteiger partial charge in [0.05, 0.1) is 22.9 Å². The summed E-state index contributed by atoms with van der Waals surface area (Å²) in [4.78, 5) is 22.2. The van der Waals surface area contributed by atoms with Crippen LogP contribution in [-0.4, -0.2) is 22.5 Å². The summed E-state index contributed by atoms with van der Waals surface area (Å²) in [6.07, 6.45) is 2.40. The number of amides is 1. The number of aromatic nitrogens is 1. The summed E-state index contributed by atoms with van der Waals surface area (Å²) in [6.45, 7) is 2.14. The number of nitro benzene ring substituents is 1. The topological polar surface area (TPSA) is 110 Å². The lowest BCUT2D eigenvalue weighted by atomic mass is 10.1. The van der Waals surface area contributed by atoms with Crippen molar-refractivity contribution in [2.24, 2.45) is 0 Å². The fourth-order valence-electron chi connectivity index (χ4n) is 1.69. The lowest BCUT2D eigenvalue weighted by molar-refractivity contribution is -0.385. The first-order valence-electron chi connectivity index (χ1n) is 5.95. The summed E-state index contributed by atoms with van der Waals surface area (Å²) >= 11 is 0. The molecule has 2 N–H and O–H groups in total. The molecule has 9 heteroatoms. The van der Waals surface area contributed by atoms with Crippen LogP contribution in [0.1, 0.15) is 17.3 Å². The predicted molar refractivity (Wildman–Crippen MR) is 71.7 cm³/mol. The van der Waals surface area contributed by atoms with Crippen LogP contribution in [0.4, 0.5) is 21.5 Å². The van der Waals surface area contributed by atoms with Gasteiger partial charge in [0.25, 0.3) is 11.6 Å². The van der Waals surface area contributed by atoms with Gasteiger partial charge in [-0.1, -0.05) is 5.16 Å². The van der Waals surface area contributed by atoms with Crippen LogP contribution >= 0.6 is 0 Å². The number of nitrogens with one attached hydrogen (secondary N) is 2. The highest BCUT2D eigenvalue weighted by atomic mass is 19.1. The van der Waals surface area contributed by atoms with E-state index in [0.29, 0.717) is 12.6 Å². The maximum atomic E-state index is 13.7. The highest BCUT2D eigenvalue weighted by Gasteiger charge is 2.24. The second-order valence-corrected chi connectivity index (χ2v) is 4.00. The summed E-state index contributed by atoms with van der Waals surface area (Å²) in [5, 5.41) is 19.4. The van der Waals surface area contributed by atoms with Gasteiger partial charge in [0.2, 0.25) is 0 Å². The summed E-state index contributed by atoms with van der Waals surface area (Å²) in [7, 11) is 0. The Kier molecular flexibility index (Phi) is 4.12. The van der Waals surface area contributed by atoms with Gasteiger partial charge in [0.1, 0.15) is 17.5 Å². The number of hydrogen-bond acceptors (Lipinski definition) is 6. The molecular weight excluding hydrogens is 283 g/mol. The van der Waals surface area contributed by atoms with Crippen LogP contribution in [0, 0.1) is 15.9 Å². The Bertz CT molecular complexity index is 672. The van der Waals surface area contributed by atoms with Gasteiger partial charge in [0, 0.05) is 6.54 Å². The molecule has 2 aromatic rings. The Labute approximate surface area is 118 Å². The number of rotatable bonds is 5. The van der Waals surface area contributed by atoms with Crippen LogP contribution in [0.3, 0.4) is 0 Å². The second kappa shape index (κ2) is 5.99. The van der Waals surface area contributed by atoms with Crippen molar-refractivity contribution in [2.75, 3.05) is 17.2 Å². The van der Waals surface area contributed by atoms with Crippen molar-refractivity contribution < 1.29 is 18.6 Å². The molecule has 0 aliphatic carbocycles. The average Bonchev–Trinajstić information content (AvgIpc) is 2.93. The second-order valence-electron chi connectivity index (χ2n) is 4.00.